The quantitative estimate of drug-likeness (QED) is 0.515. The fraction of sp³-hybridized carbons (Fsp3) is 0.133. The Bertz CT molecular complexity index is 649. The first kappa shape index (κ1) is 14.5. The normalized spacial score (nSPS) is 16.9. The van der Waals surface area contributed by atoms with Gasteiger partial charge in [-0.1, -0.05) is 24.3 Å². The van der Waals surface area contributed by atoms with Crippen LogP contribution >= 0.6 is 0 Å². The highest BCUT2D eigenvalue weighted by molar-refractivity contribution is 6.31. The van der Waals surface area contributed by atoms with Crippen molar-refractivity contribution < 1.29 is 19.1 Å². The average molecular weight is 286 g/mol. The highest BCUT2D eigenvalue weighted by atomic mass is 16.5. The summed E-state index contributed by atoms with van der Waals surface area (Å²) in [6.45, 7) is 3.51. The van der Waals surface area contributed by atoms with Crippen LogP contribution < -0.4 is 10.1 Å². The number of ether oxygens (including phenoxy) is 1. The first-order chi connectivity index (χ1) is 10.1. The van der Waals surface area contributed by atoms with Crippen LogP contribution in [0.15, 0.2) is 42.5 Å². The fourth-order valence-electron chi connectivity index (χ4n) is 1.93. The van der Waals surface area contributed by atoms with E-state index in [9.17, 15) is 14.4 Å². The van der Waals surface area contributed by atoms with Crippen LogP contribution in [0.4, 0.5) is 4.79 Å². The summed E-state index contributed by atoms with van der Waals surface area (Å²) in [6, 6.07) is 6.21. The SMILES string of the molecule is C=CCN1C(=O)NC(=O)C(=Cc2ccccc2OC)C1=O. The van der Waals surface area contributed by atoms with Gasteiger partial charge in [0.05, 0.1) is 7.11 Å². The smallest absolute Gasteiger partial charge is 0.331 e. The van der Waals surface area contributed by atoms with E-state index in [4.69, 9.17) is 4.74 Å². The maximum absolute atomic E-state index is 12.2. The molecule has 0 aliphatic carbocycles. The van der Waals surface area contributed by atoms with Gasteiger partial charge in [-0.25, -0.2) is 4.79 Å². The summed E-state index contributed by atoms with van der Waals surface area (Å²) in [7, 11) is 1.49. The number of rotatable bonds is 4. The number of methoxy groups -OCH3 is 1. The van der Waals surface area contributed by atoms with Crippen LogP contribution in [-0.2, 0) is 9.59 Å². The third-order valence-electron chi connectivity index (χ3n) is 2.94. The molecule has 1 aliphatic rings. The van der Waals surface area contributed by atoms with Gasteiger partial charge in [-0.15, -0.1) is 6.58 Å². The van der Waals surface area contributed by atoms with E-state index in [0.29, 0.717) is 11.3 Å². The van der Waals surface area contributed by atoms with Crippen LogP contribution in [0, 0.1) is 0 Å². The second-order valence-electron chi connectivity index (χ2n) is 4.26. The molecule has 108 valence electrons. The van der Waals surface area contributed by atoms with Crippen molar-refractivity contribution in [1.29, 1.82) is 0 Å². The summed E-state index contributed by atoms with van der Waals surface area (Å²) in [5.74, 6) is -0.858. The van der Waals surface area contributed by atoms with Crippen molar-refractivity contribution in [3.8, 4) is 5.75 Å². The molecule has 1 N–H and O–H groups in total. The van der Waals surface area contributed by atoms with Crippen molar-refractivity contribution in [2.45, 2.75) is 0 Å². The number of benzene rings is 1. The number of para-hydroxylation sites is 1. The number of carbonyl (C=O) groups excluding carboxylic acids is 3. The fourth-order valence-corrected chi connectivity index (χ4v) is 1.93. The number of hydrogen-bond donors (Lipinski definition) is 1. The summed E-state index contributed by atoms with van der Waals surface area (Å²) < 4.78 is 5.17. The molecule has 1 aromatic rings. The number of amides is 4. The zero-order chi connectivity index (χ0) is 15.4. The molecular weight excluding hydrogens is 272 g/mol. The Morgan fingerprint density at radius 2 is 2.00 bits per heavy atom. The Labute approximate surface area is 121 Å². The first-order valence-electron chi connectivity index (χ1n) is 6.21. The van der Waals surface area contributed by atoms with Crippen LogP contribution in [-0.4, -0.2) is 36.4 Å². The summed E-state index contributed by atoms with van der Waals surface area (Å²) >= 11 is 0. The molecule has 2 rings (SSSR count). The van der Waals surface area contributed by atoms with E-state index >= 15 is 0 Å². The van der Waals surface area contributed by atoms with Gasteiger partial charge in [-0.3, -0.25) is 19.8 Å². The number of hydrogen-bond acceptors (Lipinski definition) is 4. The predicted molar refractivity (Wildman–Crippen MR) is 76.4 cm³/mol. The van der Waals surface area contributed by atoms with Crippen LogP contribution in [0.25, 0.3) is 6.08 Å². The first-order valence-corrected chi connectivity index (χ1v) is 6.21. The van der Waals surface area contributed by atoms with Crippen molar-refractivity contribution >= 4 is 23.9 Å². The Balaban J connectivity index is 2.43. The van der Waals surface area contributed by atoms with Gasteiger partial charge in [0.1, 0.15) is 11.3 Å². The minimum absolute atomic E-state index is 0.0290. The van der Waals surface area contributed by atoms with Crippen LogP contribution in [0.3, 0.4) is 0 Å². The molecule has 0 atom stereocenters. The molecule has 0 saturated carbocycles. The molecule has 0 aromatic heterocycles. The second kappa shape index (κ2) is 6.04. The number of barbiturate groups is 1. The lowest BCUT2D eigenvalue weighted by atomic mass is 10.1. The molecule has 4 amide bonds. The molecule has 0 radical (unpaired) electrons. The van der Waals surface area contributed by atoms with Gasteiger partial charge >= 0.3 is 6.03 Å². The van der Waals surface area contributed by atoms with Gasteiger partial charge < -0.3 is 4.74 Å². The Hall–Kier alpha value is -2.89. The van der Waals surface area contributed by atoms with Gasteiger partial charge in [0.2, 0.25) is 0 Å². The maximum atomic E-state index is 12.2. The zero-order valence-electron chi connectivity index (χ0n) is 11.5. The Kier molecular flexibility index (Phi) is 4.18. The topological polar surface area (TPSA) is 75.7 Å². The Morgan fingerprint density at radius 3 is 2.67 bits per heavy atom. The summed E-state index contributed by atoms with van der Waals surface area (Å²) in [5, 5.41) is 2.12. The molecule has 1 heterocycles. The molecule has 0 spiro atoms. The number of nitrogens with one attached hydrogen (secondary N) is 1. The largest absolute Gasteiger partial charge is 0.496 e. The van der Waals surface area contributed by atoms with Gasteiger partial charge in [0.15, 0.2) is 0 Å². The van der Waals surface area contributed by atoms with Crippen molar-refractivity contribution in [2.75, 3.05) is 13.7 Å². The van der Waals surface area contributed by atoms with E-state index < -0.39 is 17.8 Å². The van der Waals surface area contributed by atoms with Crippen molar-refractivity contribution in [1.82, 2.24) is 10.2 Å². The molecule has 6 nitrogen and oxygen atoms in total. The van der Waals surface area contributed by atoms with Crippen molar-refractivity contribution in [3.63, 3.8) is 0 Å². The minimum atomic E-state index is -0.748. The van der Waals surface area contributed by atoms with E-state index in [1.807, 2.05) is 0 Å². The molecular formula is C15H14N2O4. The lowest BCUT2D eigenvalue weighted by Crippen LogP contribution is -2.54. The highest BCUT2D eigenvalue weighted by Gasteiger charge is 2.34. The van der Waals surface area contributed by atoms with E-state index in [-0.39, 0.29) is 12.1 Å². The van der Waals surface area contributed by atoms with Crippen LogP contribution in [0.1, 0.15) is 5.56 Å². The maximum Gasteiger partial charge on any atom is 0.331 e. The number of carbonyl (C=O) groups is 3. The molecule has 0 unspecified atom stereocenters. The third-order valence-corrected chi connectivity index (χ3v) is 2.94. The average Bonchev–Trinajstić information content (AvgIpc) is 2.48. The lowest BCUT2D eigenvalue weighted by Gasteiger charge is -2.25. The van der Waals surface area contributed by atoms with Crippen molar-refractivity contribution in [3.05, 3.63) is 48.1 Å². The van der Waals surface area contributed by atoms with Crippen LogP contribution in [0.5, 0.6) is 5.75 Å². The standard InChI is InChI=1S/C15H14N2O4/c1-3-8-17-14(19)11(13(18)16-15(17)20)9-10-6-4-5-7-12(10)21-2/h3-7,9H,1,8H2,2H3,(H,16,18,20). The summed E-state index contributed by atoms with van der Waals surface area (Å²) in [5.41, 5.74) is 0.451. The van der Waals surface area contributed by atoms with Gasteiger partial charge in [-0.05, 0) is 12.1 Å². The molecule has 1 aromatic carbocycles. The van der Waals surface area contributed by atoms with E-state index in [1.54, 1.807) is 24.3 Å². The van der Waals surface area contributed by atoms with Crippen LogP contribution in [0.2, 0.25) is 0 Å². The number of imide groups is 2. The zero-order valence-corrected chi connectivity index (χ0v) is 11.5. The monoisotopic (exact) mass is 286 g/mol. The third kappa shape index (κ3) is 2.84. The van der Waals surface area contributed by atoms with Gasteiger partial charge in [-0.2, -0.15) is 0 Å². The Morgan fingerprint density at radius 1 is 1.29 bits per heavy atom. The highest BCUT2D eigenvalue weighted by Crippen LogP contribution is 2.22. The molecule has 1 fully saturated rings. The van der Waals surface area contributed by atoms with Crippen molar-refractivity contribution in [2.24, 2.45) is 0 Å². The summed E-state index contributed by atoms with van der Waals surface area (Å²) in [6.07, 6.45) is 2.81. The summed E-state index contributed by atoms with van der Waals surface area (Å²) in [4.78, 5) is 36.6. The van der Waals surface area contributed by atoms with E-state index in [0.717, 1.165) is 4.90 Å². The molecule has 1 saturated heterocycles. The van der Waals surface area contributed by atoms with E-state index in [2.05, 4.69) is 11.9 Å². The lowest BCUT2D eigenvalue weighted by molar-refractivity contribution is -0.129. The second-order valence-corrected chi connectivity index (χ2v) is 4.26. The van der Waals surface area contributed by atoms with Gasteiger partial charge in [0, 0.05) is 12.1 Å². The van der Waals surface area contributed by atoms with Gasteiger partial charge in [0.25, 0.3) is 11.8 Å². The number of urea groups is 1. The molecule has 1 aliphatic heterocycles. The number of nitrogens with zero attached hydrogens (tertiary/aromatic N) is 1. The minimum Gasteiger partial charge on any atom is -0.496 e. The molecule has 21 heavy (non-hydrogen) atoms. The molecule has 6 heteroatoms. The van der Waals surface area contributed by atoms with E-state index in [1.165, 1.54) is 19.3 Å². The molecule has 0 bridgehead atoms. The predicted octanol–water partition coefficient (Wildman–Crippen LogP) is 1.34.